The molecular weight excluding hydrogens is 388 g/mol. The van der Waals surface area contributed by atoms with Crippen LogP contribution < -0.4 is 5.32 Å². The molecule has 0 radical (unpaired) electrons. The van der Waals surface area contributed by atoms with Crippen molar-refractivity contribution in [3.05, 3.63) is 29.8 Å². The molecule has 3 aliphatic heterocycles. The van der Waals surface area contributed by atoms with Crippen LogP contribution >= 0.6 is 0 Å². The average molecular weight is 419 g/mol. The maximum atomic E-state index is 12.9. The SMILES string of the molecule is CCCN1CCC(NC(=O)C2CCCN(C3=NS(=O)(=O)c4ccccc43)C2)CC1. The Balaban J connectivity index is 1.39. The Labute approximate surface area is 173 Å². The summed E-state index contributed by atoms with van der Waals surface area (Å²) < 4.78 is 28.7. The molecule has 0 aromatic heterocycles. The summed E-state index contributed by atoms with van der Waals surface area (Å²) in [7, 11) is -3.63. The molecule has 7 nitrogen and oxygen atoms in total. The van der Waals surface area contributed by atoms with Crippen LogP contribution in [-0.4, -0.2) is 68.7 Å². The van der Waals surface area contributed by atoms with Crippen molar-refractivity contribution in [2.45, 2.75) is 50.0 Å². The standard InChI is InChI=1S/C21H30N4O3S/c1-2-11-24-13-9-17(10-14-24)22-21(26)16-6-5-12-25(15-16)20-18-7-3-4-8-19(18)29(27,28)23-20/h3-4,7-8,16-17H,2,5-6,9-15H2,1H3,(H,22,26). The van der Waals surface area contributed by atoms with Crippen molar-refractivity contribution in [2.75, 3.05) is 32.7 Å². The van der Waals surface area contributed by atoms with Crippen molar-refractivity contribution in [1.29, 1.82) is 0 Å². The molecule has 1 N–H and O–H groups in total. The first kappa shape index (κ1) is 20.3. The summed E-state index contributed by atoms with van der Waals surface area (Å²) in [4.78, 5) is 17.6. The number of rotatable bonds is 4. The van der Waals surface area contributed by atoms with Crippen molar-refractivity contribution in [2.24, 2.45) is 10.3 Å². The van der Waals surface area contributed by atoms with Crippen LogP contribution in [0, 0.1) is 5.92 Å². The Kier molecular flexibility index (Phi) is 5.92. The number of hydrogen-bond donors (Lipinski definition) is 1. The number of amides is 1. The van der Waals surface area contributed by atoms with Crippen molar-refractivity contribution in [3.63, 3.8) is 0 Å². The minimum absolute atomic E-state index is 0.0957. The predicted molar refractivity (Wildman–Crippen MR) is 112 cm³/mol. The van der Waals surface area contributed by atoms with Gasteiger partial charge in [-0.25, -0.2) is 0 Å². The Hall–Kier alpha value is -1.93. The van der Waals surface area contributed by atoms with Gasteiger partial charge in [0.05, 0.1) is 5.92 Å². The van der Waals surface area contributed by atoms with E-state index in [0.29, 0.717) is 17.9 Å². The maximum absolute atomic E-state index is 12.9. The van der Waals surface area contributed by atoms with Crippen molar-refractivity contribution in [3.8, 4) is 0 Å². The molecule has 2 saturated heterocycles. The number of likely N-dealkylation sites (tertiary alicyclic amines) is 2. The van der Waals surface area contributed by atoms with Crippen molar-refractivity contribution in [1.82, 2.24) is 15.1 Å². The van der Waals surface area contributed by atoms with E-state index in [-0.39, 0.29) is 22.8 Å². The summed E-state index contributed by atoms with van der Waals surface area (Å²) in [6, 6.07) is 7.18. The molecule has 0 spiro atoms. The van der Waals surface area contributed by atoms with Gasteiger partial charge >= 0.3 is 0 Å². The lowest BCUT2D eigenvalue weighted by Crippen LogP contribution is -2.50. The minimum atomic E-state index is -3.63. The second kappa shape index (κ2) is 8.44. The van der Waals surface area contributed by atoms with Crippen molar-refractivity contribution < 1.29 is 13.2 Å². The van der Waals surface area contributed by atoms with E-state index in [1.807, 2.05) is 11.0 Å². The number of carbonyl (C=O) groups excluding carboxylic acids is 1. The zero-order chi connectivity index (χ0) is 20.4. The Morgan fingerprint density at radius 3 is 2.69 bits per heavy atom. The van der Waals surface area contributed by atoms with Gasteiger partial charge in [-0.3, -0.25) is 4.79 Å². The van der Waals surface area contributed by atoms with Crippen LogP contribution in [0.2, 0.25) is 0 Å². The number of benzene rings is 1. The highest BCUT2D eigenvalue weighted by molar-refractivity contribution is 7.90. The number of piperidine rings is 2. The molecule has 2 fully saturated rings. The van der Waals surface area contributed by atoms with E-state index in [0.717, 1.165) is 58.3 Å². The first-order chi connectivity index (χ1) is 14.0. The smallest absolute Gasteiger partial charge is 0.285 e. The second-order valence-electron chi connectivity index (χ2n) is 8.30. The summed E-state index contributed by atoms with van der Waals surface area (Å²) >= 11 is 0. The van der Waals surface area contributed by atoms with Gasteiger partial charge < -0.3 is 15.1 Å². The Morgan fingerprint density at radius 2 is 1.93 bits per heavy atom. The van der Waals surface area contributed by atoms with E-state index >= 15 is 0 Å². The van der Waals surface area contributed by atoms with Gasteiger partial charge in [-0.05, 0) is 50.8 Å². The molecular formula is C21H30N4O3S. The molecule has 1 atom stereocenters. The van der Waals surface area contributed by atoms with Crippen LogP contribution in [-0.2, 0) is 14.8 Å². The van der Waals surface area contributed by atoms with E-state index in [9.17, 15) is 13.2 Å². The van der Waals surface area contributed by atoms with E-state index < -0.39 is 10.0 Å². The van der Waals surface area contributed by atoms with Crippen LogP contribution in [0.15, 0.2) is 33.6 Å². The molecule has 1 amide bonds. The molecule has 0 aliphatic carbocycles. The highest BCUT2D eigenvalue weighted by Crippen LogP contribution is 2.29. The van der Waals surface area contributed by atoms with Gasteiger partial charge in [0.1, 0.15) is 4.90 Å². The molecule has 4 rings (SSSR count). The zero-order valence-electron chi connectivity index (χ0n) is 17.0. The molecule has 1 unspecified atom stereocenters. The van der Waals surface area contributed by atoms with E-state index in [2.05, 4.69) is 21.5 Å². The molecule has 0 saturated carbocycles. The summed E-state index contributed by atoms with van der Waals surface area (Å²) in [6.07, 6.45) is 4.85. The number of fused-ring (bicyclic) bond motifs is 1. The lowest BCUT2D eigenvalue weighted by molar-refractivity contribution is -0.127. The van der Waals surface area contributed by atoms with Gasteiger partial charge in [0.15, 0.2) is 5.84 Å². The summed E-state index contributed by atoms with van der Waals surface area (Å²) in [6.45, 7) is 6.65. The van der Waals surface area contributed by atoms with Gasteiger partial charge in [-0.2, -0.15) is 8.42 Å². The fourth-order valence-corrected chi connectivity index (χ4v) is 5.86. The van der Waals surface area contributed by atoms with Gasteiger partial charge in [-0.15, -0.1) is 4.40 Å². The van der Waals surface area contributed by atoms with Crippen LogP contribution in [0.25, 0.3) is 0 Å². The van der Waals surface area contributed by atoms with Gasteiger partial charge in [0.25, 0.3) is 10.0 Å². The number of sulfonamides is 1. The van der Waals surface area contributed by atoms with Crippen LogP contribution in [0.1, 0.15) is 44.6 Å². The van der Waals surface area contributed by atoms with Gasteiger partial charge in [0.2, 0.25) is 5.91 Å². The molecule has 1 aromatic rings. The molecule has 3 aliphatic rings. The lowest BCUT2D eigenvalue weighted by atomic mass is 9.95. The lowest BCUT2D eigenvalue weighted by Gasteiger charge is -2.36. The largest absolute Gasteiger partial charge is 0.355 e. The third-order valence-electron chi connectivity index (χ3n) is 6.18. The van der Waals surface area contributed by atoms with E-state index in [1.165, 1.54) is 0 Å². The topological polar surface area (TPSA) is 82.1 Å². The highest BCUT2D eigenvalue weighted by Gasteiger charge is 2.35. The molecule has 8 heteroatoms. The number of nitrogens with one attached hydrogen (secondary N) is 1. The molecule has 3 heterocycles. The fourth-order valence-electron chi connectivity index (χ4n) is 4.64. The molecule has 1 aromatic carbocycles. The maximum Gasteiger partial charge on any atom is 0.285 e. The number of amidine groups is 1. The van der Waals surface area contributed by atoms with Crippen LogP contribution in [0.3, 0.4) is 0 Å². The zero-order valence-corrected chi connectivity index (χ0v) is 17.8. The average Bonchev–Trinajstić information content (AvgIpc) is 3.01. The van der Waals surface area contributed by atoms with E-state index in [1.54, 1.807) is 18.2 Å². The first-order valence-corrected chi connectivity index (χ1v) is 12.1. The summed E-state index contributed by atoms with van der Waals surface area (Å²) in [5.41, 5.74) is 0.650. The second-order valence-corrected chi connectivity index (χ2v) is 9.87. The number of hydrogen-bond acceptors (Lipinski definition) is 5. The third-order valence-corrected chi connectivity index (χ3v) is 7.50. The Bertz CT molecular complexity index is 891. The molecule has 29 heavy (non-hydrogen) atoms. The summed E-state index contributed by atoms with van der Waals surface area (Å²) in [5.74, 6) is 0.458. The number of nitrogens with zero attached hydrogens (tertiary/aromatic N) is 3. The van der Waals surface area contributed by atoms with E-state index in [4.69, 9.17) is 0 Å². The Morgan fingerprint density at radius 1 is 1.17 bits per heavy atom. The first-order valence-electron chi connectivity index (χ1n) is 10.7. The van der Waals surface area contributed by atoms with Gasteiger partial charge in [0, 0.05) is 37.8 Å². The molecule has 0 bridgehead atoms. The predicted octanol–water partition coefficient (Wildman–Crippen LogP) is 1.84. The quantitative estimate of drug-likeness (QED) is 0.807. The monoisotopic (exact) mass is 418 g/mol. The third kappa shape index (κ3) is 4.33. The normalized spacial score (nSPS) is 24.8. The number of carbonyl (C=O) groups is 1. The van der Waals surface area contributed by atoms with Crippen molar-refractivity contribution >= 4 is 21.8 Å². The van der Waals surface area contributed by atoms with Crippen LogP contribution in [0.4, 0.5) is 0 Å². The summed E-state index contributed by atoms with van der Waals surface area (Å²) in [5, 5.41) is 3.25. The fraction of sp³-hybridized carbons (Fsp3) is 0.619. The molecule has 158 valence electrons. The van der Waals surface area contributed by atoms with Gasteiger partial charge in [-0.1, -0.05) is 19.1 Å². The van der Waals surface area contributed by atoms with Crippen LogP contribution in [0.5, 0.6) is 0 Å². The highest BCUT2D eigenvalue weighted by atomic mass is 32.2. The minimum Gasteiger partial charge on any atom is -0.355 e.